The molecule has 2 rings (SSSR count). The zero-order valence-electron chi connectivity index (χ0n) is 8.90. The van der Waals surface area contributed by atoms with Crippen molar-refractivity contribution >= 4 is 21.9 Å². The molecule has 0 radical (unpaired) electrons. The van der Waals surface area contributed by atoms with Crippen molar-refractivity contribution in [3.63, 3.8) is 0 Å². The molecule has 0 aliphatic carbocycles. The normalized spacial score (nSPS) is 21.2. The van der Waals surface area contributed by atoms with Crippen molar-refractivity contribution in [3.8, 4) is 0 Å². The van der Waals surface area contributed by atoms with Crippen LogP contribution in [0.1, 0.15) is 18.4 Å². The summed E-state index contributed by atoms with van der Waals surface area (Å²) in [6, 6.07) is 7.73. The topological polar surface area (TPSA) is 40.5 Å². The highest BCUT2D eigenvalue weighted by molar-refractivity contribution is 9.10. The van der Waals surface area contributed by atoms with E-state index in [1.807, 2.05) is 29.2 Å². The maximum atomic E-state index is 11.0. The molecule has 1 aliphatic rings. The van der Waals surface area contributed by atoms with Gasteiger partial charge in [-0.05, 0) is 37.1 Å². The number of aliphatic carboxylic acids is 1. The highest BCUT2D eigenvalue weighted by atomic mass is 79.9. The zero-order chi connectivity index (χ0) is 11.5. The average molecular weight is 284 g/mol. The first-order chi connectivity index (χ1) is 7.66. The molecule has 4 heteroatoms. The van der Waals surface area contributed by atoms with Crippen molar-refractivity contribution < 1.29 is 9.90 Å². The van der Waals surface area contributed by atoms with Gasteiger partial charge in [0.25, 0.3) is 0 Å². The number of carbonyl (C=O) groups is 1. The molecule has 1 N–H and O–H groups in total. The van der Waals surface area contributed by atoms with Crippen LogP contribution in [0.3, 0.4) is 0 Å². The number of carboxylic acid groups (broad SMARTS) is 1. The molecule has 1 aromatic rings. The van der Waals surface area contributed by atoms with E-state index in [0.717, 1.165) is 36.0 Å². The van der Waals surface area contributed by atoms with Gasteiger partial charge in [-0.1, -0.05) is 28.1 Å². The van der Waals surface area contributed by atoms with Gasteiger partial charge < -0.3 is 5.11 Å². The summed E-state index contributed by atoms with van der Waals surface area (Å²) in [5.41, 5.74) is 1.16. The highest BCUT2D eigenvalue weighted by Crippen LogP contribution is 2.21. The van der Waals surface area contributed by atoms with Crippen molar-refractivity contribution in [3.05, 3.63) is 34.3 Å². The maximum absolute atomic E-state index is 11.0. The summed E-state index contributed by atoms with van der Waals surface area (Å²) >= 11 is 3.39. The Morgan fingerprint density at radius 1 is 1.44 bits per heavy atom. The van der Waals surface area contributed by atoms with Gasteiger partial charge in [0.2, 0.25) is 0 Å². The largest absolute Gasteiger partial charge is 0.480 e. The molecule has 0 aromatic heterocycles. The third kappa shape index (κ3) is 2.62. The van der Waals surface area contributed by atoms with Gasteiger partial charge in [-0.2, -0.15) is 0 Å². The average Bonchev–Trinajstić information content (AvgIpc) is 2.69. The van der Waals surface area contributed by atoms with Gasteiger partial charge in [-0.3, -0.25) is 9.69 Å². The SMILES string of the molecule is O=C(O)[C@H]1CCCN1Cc1ccc(Br)cc1. The minimum absolute atomic E-state index is 0.302. The molecule has 1 atom stereocenters. The molecule has 3 nitrogen and oxygen atoms in total. The predicted molar refractivity (Wildman–Crippen MR) is 65.2 cm³/mol. The molecule has 0 saturated carbocycles. The van der Waals surface area contributed by atoms with E-state index in [4.69, 9.17) is 5.11 Å². The van der Waals surface area contributed by atoms with Crippen molar-refractivity contribution in [1.29, 1.82) is 0 Å². The number of nitrogens with zero attached hydrogens (tertiary/aromatic N) is 1. The number of hydrogen-bond acceptors (Lipinski definition) is 2. The Bertz CT molecular complexity index is 377. The fraction of sp³-hybridized carbons (Fsp3) is 0.417. The molecule has 1 heterocycles. The fourth-order valence-corrected chi connectivity index (χ4v) is 2.38. The molecule has 1 aliphatic heterocycles. The smallest absolute Gasteiger partial charge is 0.320 e. The number of hydrogen-bond donors (Lipinski definition) is 1. The van der Waals surface area contributed by atoms with E-state index in [0.29, 0.717) is 0 Å². The summed E-state index contributed by atoms with van der Waals surface area (Å²) in [5, 5.41) is 9.06. The molecule has 0 spiro atoms. The Morgan fingerprint density at radius 3 is 2.75 bits per heavy atom. The van der Waals surface area contributed by atoms with E-state index in [1.165, 1.54) is 0 Å². The number of halogens is 1. The fourth-order valence-electron chi connectivity index (χ4n) is 2.12. The lowest BCUT2D eigenvalue weighted by Crippen LogP contribution is -2.35. The second-order valence-corrected chi connectivity index (χ2v) is 5.01. The standard InChI is InChI=1S/C12H14BrNO2/c13-10-5-3-9(4-6-10)8-14-7-1-2-11(14)12(15)16/h3-6,11H,1-2,7-8H2,(H,15,16)/t11-/m1/s1. The number of carboxylic acids is 1. The number of benzene rings is 1. The summed E-state index contributed by atoms with van der Waals surface area (Å²) in [4.78, 5) is 13.0. The van der Waals surface area contributed by atoms with E-state index in [9.17, 15) is 4.79 Å². The Balaban J connectivity index is 2.03. The van der Waals surface area contributed by atoms with Crippen LogP contribution in [0.2, 0.25) is 0 Å². The molecule has 1 aromatic carbocycles. The summed E-state index contributed by atoms with van der Waals surface area (Å²) in [6.45, 7) is 1.61. The van der Waals surface area contributed by atoms with E-state index >= 15 is 0 Å². The quantitative estimate of drug-likeness (QED) is 0.927. The van der Waals surface area contributed by atoms with E-state index in [1.54, 1.807) is 0 Å². The van der Waals surface area contributed by atoms with Gasteiger partial charge in [-0.25, -0.2) is 0 Å². The van der Waals surface area contributed by atoms with Gasteiger partial charge >= 0.3 is 5.97 Å². The van der Waals surface area contributed by atoms with Gasteiger partial charge in [0, 0.05) is 11.0 Å². The lowest BCUT2D eigenvalue weighted by molar-refractivity contribution is -0.142. The Labute approximate surface area is 103 Å². The third-order valence-electron chi connectivity index (χ3n) is 2.95. The minimum atomic E-state index is -0.699. The molecular weight excluding hydrogens is 270 g/mol. The number of rotatable bonds is 3. The zero-order valence-corrected chi connectivity index (χ0v) is 10.5. The van der Waals surface area contributed by atoms with Crippen molar-refractivity contribution in [2.45, 2.75) is 25.4 Å². The lowest BCUT2D eigenvalue weighted by atomic mass is 10.2. The molecule has 1 saturated heterocycles. The lowest BCUT2D eigenvalue weighted by Gasteiger charge is -2.20. The monoisotopic (exact) mass is 283 g/mol. The van der Waals surface area contributed by atoms with Gasteiger partial charge in [0.15, 0.2) is 0 Å². The van der Waals surface area contributed by atoms with E-state index in [-0.39, 0.29) is 6.04 Å². The summed E-state index contributed by atoms with van der Waals surface area (Å²) in [6.07, 6.45) is 1.75. The van der Waals surface area contributed by atoms with Crippen molar-refractivity contribution in [2.24, 2.45) is 0 Å². The molecule has 16 heavy (non-hydrogen) atoms. The molecule has 0 amide bonds. The summed E-state index contributed by atoms with van der Waals surface area (Å²) < 4.78 is 1.05. The predicted octanol–water partition coefficient (Wildman–Crippen LogP) is 2.50. The Hall–Kier alpha value is -0.870. The summed E-state index contributed by atoms with van der Waals surface area (Å²) in [5.74, 6) is -0.699. The molecule has 0 unspecified atom stereocenters. The van der Waals surface area contributed by atoms with Gasteiger partial charge in [0.1, 0.15) is 6.04 Å². The first-order valence-electron chi connectivity index (χ1n) is 5.38. The number of likely N-dealkylation sites (tertiary alicyclic amines) is 1. The minimum Gasteiger partial charge on any atom is -0.480 e. The second kappa shape index (κ2) is 4.97. The van der Waals surface area contributed by atoms with Crippen LogP contribution in [0.5, 0.6) is 0 Å². The summed E-state index contributed by atoms with van der Waals surface area (Å²) in [7, 11) is 0. The van der Waals surface area contributed by atoms with Gasteiger partial charge in [-0.15, -0.1) is 0 Å². The Kier molecular flexibility index (Phi) is 3.61. The van der Waals surface area contributed by atoms with Crippen LogP contribution < -0.4 is 0 Å². The van der Waals surface area contributed by atoms with Crippen LogP contribution in [0.25, 0.3) is 0 Å². The van der Waals surface area contributed by atoms with Crippen LogP contribution in [0, 0.1) is 0 Å². The second-order valence-electron chi connectivity index (χ2n) is 4.09. The Morgan fingerprint density at radius 2 is 2.12 bits per heavy atom. The maximum Gasteiger partial charge on any atom is 0.320 e. The van der Waals surface area contributed by atoms with Crippen LogP contribution in [0.15, 0.2) is 28.7 Å². The van der Waals surface area contributed by atoms with Crippen LogP contribution >= 0.6 is 15.9 Å². The molecule has 86 valence electrons. The molecule has 1 fully saturated rings. The van der Waals surface area contributed by atoms with Crippen LogP contribution in [-0.4, -0.2) is 28.6 Å². The highest BCUT2D eigenvalue weighted by Gasteiger charge is 2.29. The van der Waals surface area contributed by atoms with Crippen molar-refractivity contribution in [1.82, 2.24) is 4.90 Å². The first-order valence-corrected chi connectivity index (χ1v) is 6.17. The van der Waals surface area contributed by atoms with E-state index in [2.05, 4.69) is 15.9 Å². The van der Waals surface area contributed by atoms with Gasteiger partial charge in [0.05, 0.1) is 0 Å². The first kappa shape index (κ1) is 11.6. The van der Waals surface area contributed by atoms with E-state index < -0.39 is 5.97 Å². The van der Waals surface area contributed by atoms with Crippen molar-refractivity contribution in [2.75, 3.05) is 6.54 Å². The molecular formula is C12H14BrNO2. The van der Waals surface area contributed by atoms with Crippen LogP contribution in [-0.2, 0) is 11.3 Å². The van der Waals surface area contributed by atoms with Crippen LogP contribution in [0.4, 0.5) is 0 Å². The third-order valence-corrected chi connectivity index (χ3v) is 3.48. The molecule has 0 bridgehead atoms.